The molecule has 0 aliphatic heterocycles. The molecular weight excluding hydrogens is 526 g/mol. The predicted octanol–water partition coefficient (Wildman–Crippen LogP) is 5.36. The van der Waals surface area contributed by atoms with E-state index in [9.17, 15) is 9.65 Å². The topological polar surface area (TPSA) is 104 Å². The van der Waals surface area contributed by atoms with E-state index in [1.807, 2.05) is 35.3 Å². The highest BCUT2D eigenvalue weighted by Crippen LogP contribution is 2.38. The molecule has 0 bridgehead atoms. The molecule has 1 saturated carbocycles. The van der Waals surface area contributed by atoms with E-state index in [1.54, 1.807) is 24.4 Å². The van der Waals surface area contributed by atoms with Crippen molar-refractivity contribution in [1.82, 2.24) is 25.0 Å². The first-order chi connectivity index (χ1) is 19.4. The molecule has 3 heterocycles. The van der Waals surface area contributed by atoms with Crippen molar-refractivity contribution >= 4 is 41.7 Å². The number of pyridine rings is 2. The maximum atomic E-state index is 13.8. The van der Waals surface area contributed by atoms with Crippen molar-refractivity contribution < 1.29 is 4.39 Å². The lowest BCUT2D eigenvalue weighted by atomic mass is 9.69. The van der Waals surface area contributed by atoms with Crippen molar-refractivity contribution in [2.24, 2.45) is 0 Å². The fraction of sp³-hybridized carbons (Fsp3) is 0.207. The van der Waals surface area contributed by atoms with Crippen molar-refractivity contribution in [3.05, 3.63) is 107 Å². The Morgan fingerprint density at radius 2 is 2.00 bits per heavy atom. The van der Waals surface area contributed by atoms with Gasteiger partial charge in [0.2, 0.25) is 0 Å². The molecule has 1 fully saturated rings. The molecule has 2 radical (unpaired) electrons. The Bertz CT molecular complexity index is 1720. The van der Waals surface area contributed by atoms with Crippen LogP contribution in [0.1, 0.15) is 41.3 Å². The second-order valence-corrected chi connectivity index (χ2v) is 10.2. The van der Waals surface area contributed by atoms with Crippen molar-refractivity contribution in [2.45, 2.75) is 30.7 Å². The minimum Gasteiger partial charge on any atom is -0.383 e. The number of hydrogen-bond acceptors (Lipinski definition) is 7. The summed E-state index contributed by atoms with van der Waals surface area (Å²) in [6, 6.07) is 15.9. The third kappa shape index (κ3) is 5.08. The Morgan fingerprint density at radius 3 is 2.73 bits per heavy atom. The lowest BCUT2D eigenvalue weighted by molar-refractivity contribution is 0.610. The number of fused-ring (bicyclic) bond motifs is 1. The van der Waals surface area contributed by atoms with Crippen LogP contribution in [0, 0.1) is 17.1 Å². The van der Waals surface area contributed by atoms with E-state index in [-0.39, 0.29) is 5.82 Å². The molecule has 2 aromatic carbocycles. The molecule has 6 rings (SSSR count). The van der Waals surface area contributed by atoms with E-state index in [2.05, 4.69) is 37.0 Å². The van der Waals surface area contributed by atoms with Gasteiger partial charge in [-0.1, -0.05) is 35.0 Å². The van der Waals surface area contributed by atoms with E-state index >= 15 is 0 Å². The highest BCUT2D eigenvalue weighted by molar-refractivity contribution is 6.36. The summed E-state index contributed by atoms with van der Waals surface area (Å²) in [6.45, 7) is 0.565. The molecule has 2 N–H and O–H groups in total. The van der Waals surface area contributed by atoms with Gasteiger partial charge in [-0.3, -0.25) is 9.97 Å². The third-order valence-electron chi connectivity index (χ3n) is 6.96. The molecule has 5 aromatic rings. The van der Waals surface area contributed by atoms with Crippen molar-refractivity contribution in [3.63, 3.8) is 0 Å². The molecule has 11 heteroatoms. The normalized spacial score (nSPS) is 14.4. The van der Waals surface area contributed by atoms with Gasteiger partial charge in [0.15, 0.2) is 0 Å². The van der Waals surface area contributed by atoms with Crippen LogP contribution < -0.4 is 10.6 Å². The fourth-order valence-electron chi connectivity index (χ4n) is 4.68. The predicted molar refractivity (Wildman–Crippen MR) is 153 cm³/mol. The largest absolute Gasteiger partial charge is 0.383 e. The molecule has 0 spiro atoms. The average molecular weight is 549 g/mol. The molecular formula is C29H23BClFN8. The van der Waals surface area contributed by atoms with Crippen LogP contribution in [0.2, 0.25) is 5.02 Å². The number of nitriles is 1. The first-order valence-electron chi connectivity index (χ1n) is 12.8. The minimum atomic E-state index is -1.36. The standard InChI is InChI=1S/C29H23BClFN8/c30-29(20-3-5-21(32)6-4-20,26-17-40(39-38-26)23-7-8-23)37-22-12-24-27(35-11-9-18-2-1-10-34-15-18)19(14-33)16-36-28(24)25(31)13-22/h1-6,10,12-13,15-17,23,37H,7-9,11H2,(H,35,36). The van der Waals surface area contributed by atoms with E-state index in [4.69, 9.17) is 19.4 Å². The molecule has 1 aliphatic rings. The molecule has 1 unspecified atom stereocenters. The van der Waals surface area contributed by atoms with Crippen LogP contribution in [0.4, 0.5) is 15.8 Å². The number of aromatic nitrogens is 5. The van der Waals surface area contributed by atoms with Gasteiger partial charge in [-0.25, -0.2) is 9.07 Å². The van der Waals surface area contributed by atoms with E-state index in [1.165, 1.54) is 18.3 Å². The summed E-state index contributed by atoms with van der Waals surface area (Å²) in [7, 11) is 7.01. The number of halogens is 2. The van der Waals surface area contributed by atoms with Crippen LogP contribution >= 0.6 is 11.6 Å². The van der Waals surface area contributed by atoms with Gasteiger partial charge < -0.3 is 10.6 Å². The zero-order chi connectivity index (χ0) is 27.7. The van der Waals surface area contributed by atoms with Crippen LogP contribution in [-0.2, 0) is 11.9 Å². The maximum Gasteiger partial charge on any atom is 0.123 e. The Kier molecular flexibility index (Phi) is 6.82. The first kappa shape index (κ1) is 25.8. The van der Waals surface area contributed by atoms with Crippen LogP contribution in [-0.4, -0.2) is 39.4 Å². The van der Waals surface area contributed by atoms with E-state index < -0.39 is 5.44 Å². The third-order valence-corrected chi connectivity index (χ3v) is 7.25. The van der Waals surface area contributed by atoms with Gasteiger partial charge in [0.05, 0.1) is 39.5 Å². The van der Waals surface area contributed by atoms with Gasteiger partial charge in [0.1, 0.15) is 25.4 Å². The Morgan fingerprint density at radius 1 is 1.18 bits per heavy atom. The number of nitrogens with zero attached hydrogens (tertiary/aromatic N) is 6. The smallest absolute Gasteiger partial charge is 0.123 e. The maximum absolute atomic E-state index is 13.8. The monoisotopic (exact) mass is 548 g/mol. The zero-order valence-electron chi connectivity index (χ0n) is 21.4. The van der Waals surface area contributed by atoms with Crippen molar-refractivity contribution in [2.75, 3.05) is 17.2 Å². The summed E-state index contributed by atoms with van der Waals surface area (Å²) >= 11 is 6.71. The second kappa shape index (κ2) is 10.6. The van der Waals surface area contributed by atoms with Crippen LogP contribution in [0.3, 0.4) is 0 Å². The molecule has 3 aromatic heterocycles. The van der Waals surface area contributed by atoms with Gasteiger partial charge in [0.25, 0.3) is 0 Å². The highest BCUT2D eigenvalue weighted by Gasteiger charge is 2.34. The average Bonchev–Trinajstić information content (AvgIpc) is 3.69. The molecule has 40 heavy (non-hydrogen) atoms. The summed E-state index contributed by atoms with van der Waals surface area (Å²) in [5.41, 5.74) is 2.89. The lowest BCUT2D eigenvalue weighted by Crippen LogP contribution is -2.37. The van der Waals surface area contributed by atoms with Gasteiger partial charge in [-0.2, -0.15) is 5.26 Å². The molecule has 0 saturated heterocycles. The van der Waals surface area contributed by atoms with Crippen LogP contribution in [0.15, 0.2) is 73.3 Å². The number of nitrogens with one attached hydrogen (secondary N) is 2. The first-order valence-corrected chi connectivity index (χ1v) is 13.2. The highest BCUT2D eigenvalue weighted by atomic mass is 35.5. The SMILES string of the molecule is [B]C(Nc1cc(Cl)c2ncc(C#N)c(NCCc3cccnc3)c2c1)(c1ccc(F)cc1)c1cn(C2CC2)nn1. The molecule has 1 aliphatic carbocycles. The number of benzene rings is 2. The summed E-state index contributed by atoms with van der Waals surface area (Å²) in [4.78, 5) is 8.60. The Hall–Kier alpha value is -4.49. The Labute approximate surface area is 236 Å². The van der Waals surface area contributed by atoms with Gasteiger partial charge in [-0.05, 0) is 60.7 Å². The lowest BCUT2D eigenvalue weighted by Gasteiger charge is -2.32. The summed E-state index contributed by atoms with van der Waals surface area (Å²) in [5.74, 6) is -0.376. The molecule has 0 amide bonds. The summed E-state index contributed by atoms with van der Waals surface area (Å²) < 4.78 is 15.6. The zero-order valence-corrected chi connectivity index (χ0v) is 22.1. The number of anilines is 2. The van der Waals surface area contributed by atoms with Gasteiger partial charge >= 0.3 is 0 Å². The summed E-state index contributed by atoms with van der Waals surface area (Å²) in [5, 5.41) is 26.3. The van der Waals surface area contributed by atoms with Crippen molar-refractivity contribution in [3.8, 4) is 6.07 Å². The number of rotatable bonds is 9. The van der Waals surface area contributed by atoms with Crippen LogP contribution in [0.5, 0.6) is 0 Å². The number of hydrogen-bond donors (Lipinski definition) is 2. The van der Waals surface area contributed by atoms with E-state index in [0.29, 0.717) is 63.1 Å². The van der Waals surface area contributed by atoms with Crippen molar-refractivity contribution in [1.29, 1.82) is 5.26 Å². The van der Waals surface area contributed by atoms with Gasteiger partial charge in [0, 0.05) is 36.2 Å². The quantitative estimate of drug-likeness (QED) is 0.239. The van der Waals surface area contributed by atoms with Gasteiger partial charge in [-0.15, -0.1) is 5.10 Å². The summed E-state index contributed by atoms with van der Waals surface area (Å²) in [6.07, 6.45) is 9.65. The second-order valence-electron chi connectivity index (χ2n) is 9.81. The van der Waals surface area contributed by atoms with E-state index in [0.717, 1.165) is 18.4 Å². The minimum absolute atomic E-state index is 0.310. The Balaban J connectivity index is 1.39. The molecule has 8 nitrogen and oxygen atoms in total. The molecule has 196 valence electrons. The van der Waals surface area contributed by atoms with Crippen LogP contribution in [0.25, 0.3) is 10.9 Å². The molecule has 1 atom stereocenters. The fourth-order valence-corrected chi connectivity index (χ4v) is 4.95.